The fourth-order valence-corrected chi connectivity index (χ4v) is 4.06. The van der Waals surface area contributed by atoms with Gasteiger partial charge in [-0.15, -0.1) is 0 Å². The Bertz CT molecular complexity index is 415. The second kappa shape index (κ2) is 4.64. The molecule has 17 heavy (non-hydrogen) atoms. The zero-order chi connectivity index (χ0) is 11.8. The highest BCUT2D eigenvalue weighted by atomic mass is 79.9. The summed E-state index contributed by atoms with van der Waals surface area (Å²) in [4.78, 5) is 0. The van der Waals surface area contributed by atoms with Gasteiger partial charge in [0.15, 0.2) is 0 Å². The van der Waals surface area contributed by atoms with Crippen LogP contribution in [-0.4, -0.2) is 6.54 Å². The quantitative estimate of drug-likeness (QED) is 0.858. The minimum Gasteiger partial charge on any atom is -0.384 e. The molecule has 3 atom stereocenters. The van der Waals surface area contributed by atoms with Crippen molar-refractivity contribution in [3.63, 3.8) is 0 Å². The summed E-state index contributed by atoms with van der Waals surface area (Å²) in [6.07, 6.45) is 5.93. The third-order valence-electron chi connectivity index (χ3n) is 4.63. The second-order valence-corrected chi connectivity index (χ2v) is 6.55. The Morgan fingerprint density at radius 1 is 1.29 bits per heavy atom. The van der Waals surface area contributed by atoms with Crippen LogP contribution in [0.15, 0.2) is 22.7 Å². The highest BCUT2D eigenvalue weighted by Crippen LogP contribution is 2.48. The molecule has 0 aromatic heterocycles. The lowest BCUT2D eigenvalue weighted by Crippen LogP contribution is -2.20. The summed E-state index contributed by atoms with van der Waals surface area (Å²) in [5.41, 5.74) is 2.57. The van der Waals surface area contributed by atoms with E-state index in [4.69, 9.17) is 0 Å². The van der Waals surface area contributed by atoms with Crippen molar-refractivity contribution in [3.8, 4) is 0 Å². The summed E-state index contributed by atoms with van der Waals surface area (Å²) >= 11 is 3.67. The van der Waals surface area contributed by atoms with Gasteiger partial charge in [-0.3, -0.25) is 0 Å². The molecule has 0 aliphatic heterocycles. The van der Waals surface area contributed by atoms with Gasteiger partial charge in [0.1, 0.15) is 0 Å². The van der Waals surface area contributed by atoms with E-state index >= 15 is 0 Å². The van der Waals surface area contributed by atoms with Crippen molar-refractivity contribution in [3.05, 3.63) is 28.2 Å². The summed E-state index contributed by atoms with van der Waals surface area (Å²) < 4.78 is 1.23. The largest absolute Gasteiger partial charge is 0.384 e. The van der Waals surface area contributed by atoms with E-state index in [1.165, 1.54) is 41.4 Å². The topological polar surface area (TPSA) is 12.0 Å². The van der Waals surface area contributed by atoms with Gasteiger partial charge in [-0.2, -0.15) is 0 Å². The minimum absolute atomic E-state index is 0.918. The van der Waals surface area contributed by atoms with E-state index in [0.29, 0.717) is 0 Å². The predicted octanol–water partition coefficient (Wildman–Crippen LogP) is 4.61. The van der Waals surface area contributed by atoms with Gasteiger partial charge in [0.25, 0.3) is 0 Å². The Labute approximate surface area is 112 Å². The van der Waals surface area contributed by atoms with Gasteiger partial charge in [-0.25, -0.2) is 0 Å². The molecule has 3 unspecified atom stereocenters. The molecule has 1 aromatic carbocycles. The third kappa shape index (κ3) is 2.24. The van der Waals surface area contributed by atoms with Gasteiger partial charge in [-0.1, -0.05) is 18.6 Å². The van der Waals surface area contributed by atoms with Crippen LogP contribution in [0.4, 0.5) is 5.69 Å². The Hall–Kier alpha value is -0.500. The van der Waals surface area contributed by atoms with Gasteiger partial charge in [0.05, 0.1) is 0 Å². The number of fused-ring (bicyclic) bond motifs is 2. The van der Waals surface area contributed by atoms with Crippen LogP contribution in [0.5, 0.6) is 0 Å². The minimum atomic E-state index is 0.918. The van der Waals surface area contributed by atoms with Crippen molar-refractivity contribution in [2.24, 2.45) is 17.8 Å². The maximum absolute atomic E-state index is 3.67. The number of hydrogen-bond acceptors (Lipinski definition) is 1. The van der Waals surface area contributed by atoms with Crippen LogP contribution >= 0.6 is 15.9 Å². The molecule has 2 bridgehead atoms. The Morgan fingerprint density at radius 2 is 2.18 bits per heavy atom. The van der Waals surface area contributed by atoms with Gasteiger partial charge < -0.3 is 5.32 Å². The number of aryl methyl sites for hydroxylation is 1. The number of halogens is 1. The molecule has 1 N–H and O–H groups in total. The van der Waals surface area contributed by atoms with Crippen LogP contribution < -0.4 is 5.32 Å². The fraction of sp³-hybridized carbons (Fsp3) is 0.600. The first-order valence-corrected chi connectivity index (χ1v) is 7.52. The number of benzene rings is 1. The first kappa shape index (κ1) is 11.6. The Balaban J connectivity index is 1.62. The highest BCUT2D eigenvalue weighted by molar-refractivity contribution is 9.10. The summed E-state index contributed by atoms with van der Waals surface area (Å²) in [5.74, 6) is 2.98. The molecule has 2 aliphatic carbocycles. The average molecular weight is 294 g/mol. The van der Waals surface area contributed by atoms with Crippen molar-refractivity contribution in [2.75, 3.05) is 11.9 Å². The molecule has 0 saturated heterocycles. The van der Waals surface area contributed by atoms with Crippen molar-refractivity contribution in [2.45, 2.75) is 32.6 Å². The molecule has 2 heteroatoms. The van der Waals surface area contributed by atoms with E-state index in [0.717, 1.165) is 24.3 Å². The molecule has 0 amide bonds. The molecule has 2 aliphatic rings. The smallest absolute Gasteiger partial charge is 0.0487 e. The van der Waals surface area contributed by atoms with E-state index in [1.807, 2.05) is 0 Å². The zero-order valence-corrected chi connectivity index (χ0v) is 12.0. The van der Waals surface area contributed by atoms with Gasteiger partial charge in [0.2, 0.25) is 0 Å². The monoisotopic (exact) mass is 293 g/mol. The molecule has 0 heterocycles. The number of nitrogens with one attached hydrogen (secondary N) is 1. The Kier molecular flexibility index (Phi) is 3.16. The molecule has 3 rings (SSSR count). The first-order valence-electron chi connectivity index (χ1n) is 6.73. The van der Waals surface area contributed by atoms with Crippen LogP contribution in [-0.2, 0) is 0 Å². The van der Waals surface area contributed by atoms with Gasteiger partial charge >= 0.3 is 0 Å². The van der Waals surface area contributed by atoms with Crippen molar-refractivity contribution in [1.82, 2.24) is 0 Å². The summed E-state index contributed by atoms with van der Waals surface area (Å²) in [6, 6.07) is 6.44. The fourth-order valence-electron chi connectivity index (χ4n) is 3.65. The van der Waals surface area contributed by atoms with Crippen molar-refractivity contribution >= 4 is 21.6 Å². The standard InChI is InChI=1S/C15H20BrN/c1-10-3-2-4-14(15(10)16)17-9-13-8-11-5-6-12(13)7-11/h2-4,11-13,17H,5-9H2,1H3. The lowest BCUT2D eigenvalue weighted by Gasteiger charge is -2.23. The normalized spacial score (nSPS) is 30.8. The van der Waals surface area contributed by atoms with Crippen LogP contribution in [0, 0.1) is 24.7 Å². The summed E-state index contributed by atoms with van der Waals surface area (Å²) in [5, 5.41) is 3.63. The van der Waals surface area contributed by atoms with E-state index < -0.39 is 0 Å². The first-order chi connectivity index (χ1) is 8.24. The number of rotatable bonds is 3. The third-order valence-corrected chi connectivity index (χ3v) is 5.68. The van der Waals surface area contributed by atoms with Gasteiger partial charge in [-0.05, 0) is 71.5 Å². The second-order valence-electron chi connectivity index (χ2n) is 5.75. The van der Waals surface area contributed by atoms with E-state index in [9.17, 15) is 0 Å². The molecular formula is C15H20BrN. The summed E-state index contributed by atoms with van der Waals surface area (Å²) in [7, 11) is 0. The average Bonchev–Trinajstić information content (AvgIpc) is 2.93. The van der Waals surface area contributed by atoms with E-state index in [1.54, 1.807) is 0 Å². The van der Waals surface area contributed by atoms with Crippen LogP contribution in [0.1, 0.15) is 31.2 Å². The lowest BCUT2D eigenvalue weighted by atomic mass is 9.89. The Morgan fingerprint density at radius 3 is 2.88 bits per heavy atom. The molecule has 1 nitrogen and oxygen atoms in total. The molecule has 0 radical (unpaired) electrons. The maximum atomic E-state index is 3.67. The molecule has 2 saturated carbocycles. The molecule has 2 fully saturated rings. The number of hydrogen-bond donors (Lipinski definition) is 1. The maximum Gasteiger partial charge on any atom is 0.0487 e. The van der Waals surface area contributed by atoms with Crippen molar-refractivity contribution < 1.29 is 0 Å². The lowest BCUT2D eigenvalue weighted by molar-refractivity contribution is 0.348. The molecular weight excluding hydrogens is 274 g/mol. The SMILES string of the molecule is Cc1cccc(NCC2CC3CCC2C3)c1Br. The van der Waals surface area contributed by atoms with Crippen LogP contribution in [0.25, 0.3) is 0 Å². The highest BCUT2D eigenvalue weighted by Gasteiger charge is 2.39. The number of anilines is 1. The van der Waals surface area contributed by atoms with Crippen LogP contribution in [0.3, 0.4) is 0 Å². The van der Waals surface area contributed by atoms with Gasteiger partial charge in [0, 0.05) is 16.7 Å². The molecule has 92 valence electrons. The summed E-state index contributed by atoms with van der Waals surface area (Å²) in [6.45, 7) is 3.30. The molecule has 1 aromatic rings. The zero-order valence-electron chi connectivity index (χ0n) is 10.4. The van der Waals surface area contributed by atoms with E-state index in [-0.39, 0.29) is 0 Å². The van der Waals surface area contributed by atoms with E-state index in [2.05, 4.69) is 46.4 Å². The van der Waals surface area contributed by atoms with Crippen LogP contribution in [0.2, 0.25) is 0 Å². The predicted molar refractivity (Wildman–Crippen MR) is 76.3 cm³/mol. The van der Waals surface area contributed by atoms with Crippen molar-refractivity contribution in [1.29, 1.82) is 0 Å². The molecule has 0 spiro atoms.